The molecule has 2 unspecified atom stereocenters. The van der Waals surface area contributed by atoms with Crippen LogP contribution in [-0.2, 0) is 6.42 Å². The number of nitrogens with zero attached hydrogens (tertiary/aromatic N) is 1. The number of rotatable bonds is 1. The highest BCUT2D eigenvalue weighted by Crippen LogP contribution is 2.46. The number of thiazole rings is 1. The number of hydrogen-bond donors (Lipinski definition) is 0. The van der Waals surface area contributed by atoms with Gasteiger partial charge in [-0.2, -0.15) is 0 Å². The van der Waals surface area contributed by atoms with Crippen LogP contribution in [0.2, 0.25) is 0 Å². The van der Waals surface area contributed by atoms with Crippen LogP contribution in [0.5, 0.6) is 0 Å². The Morgan fingerprint density at radius 2 is 2.00 bits per heavy atom. The largest absolute Gasteiger partial charge is 0.245 e. The Kier molecular flexibility index (Phi) is 1.94. The van der Waals surface area contributed by atoms with E-state index in [-0.39, 0.29) is 0 Å². The first-order valence-electron chi connectivity index (χ1n) is 5.75. The molecule has 1 heterocycles. The third-order valence-corrected chi connectivity index (χ3v) is 5.08. The van der Waals surface area contributed by atoms with E-state index in [1.165, 1.54) is 36.4 Å². The topological polar surface area (TPSA) is 12.9 Å². The zero-order valence-corrected chi connectivity index (χ0v) is 9.73. The standard InChI is InChI=1S/C12H17NS/c1-7-3-6-10-11(8(7)2)13-12(14-10)9-4-5-9/h7-9H,3-6H2,1-2H3. The number of aryl methyl sites for hydroxylation is 1. The van der Waals surface area contributed by atoms with Gasteiger partial charge in [0.25, 0.3) is 0 Å². The minimum absolute atomic E-state index is 0.697. The minimum atomic E-state index is 0.697. The number of hydrogen-bond acceptors (Lipinski definition) is 2. The molecule has 0 aromatic carbocycles. The summed E-state index contributed by atoms with van der Waals surface area (Å²) in [5, 5.41) is 1.44. The predicted octanol–water partition coefficient (Wildman–Crippen LogP) is 3.71. The third-order valence-electron chi connectivity index (χ3n) is 3.78. The summed E-state index contributed by atoms with van der Waals surface area (Å²) in [4.78, 5) is 6.46. The van der Waals surface area contributed by atoms with Gasteiger partial charge in [0, 0.05) is 16.7 Å². The summed E-state index contributed by atoms with van der Waals surface area (Å²) in [6.45, 7) is 4.71. The van der Waals surface area contributed by atoms with Gasteiger partial charge in [0.1, 0.15) is 0 Å². The predicted molar refractivity (Wildman–Crippen MR) is 60.0 cm³/mol. The van der Waals surface area contributed by atoms with Gasteiger partial charge in [0.15, 0.2) is 0 Å². The lowest BCUT2D eigenvalue weighted by Gasteiger charge is -2.24. The van der Waals surface area contributed by atoms with Crippen LogP contribution in [0.3, 0.4) is 0 Å². The second kappa shape index (κ2) is 3.06. The highest BCUT2D eigenvalue weighted by molar-refractivity contribution is 7.11. The van der Waals surface area contributed by atoms with Gasteiger partial charge in [-0.15, -0.1) is 11.3 Å². The van der Waals surface area contributed by atoms with Gasteiger partial charge in [-0.3, -0.25) is 0 Å². The van der Waals surface area contributed by atoms with E-state index in [1.54, 1.807) is 4.88 Å². The molecule has 2 aliphatic carbocycles. The summed E-state index contributed by atoms with van der Waals surface area (Å²) in [7, 11) is 0. The fraction of sp³-hybridized carbons (Fsp3) is 0.750. The maximum absolute atomic E-state index is 4.86. The molecule has 1 nitrogen and oxygen atoms in total. The van der Waals surface area contributed by atoms with E-state index in [0.717, 1.165) is 11.8 Å². The molecule has 1 aromatic heterocycles. The Bertz CT molecular complexity index is 351. The van der Waals surface area contributed by atoms with Crippen molar-refractivity contribution in [3.63, 3.8) is 0 Å². The highest BCUT2D eigenvalue weighted by atomic mass is 32.1. The molecule has 76 valence electrons. The fourth-order valence-corrected chi connectivity index (χ4v) is 3.66. The van der Waals surface area contributed by atoms with E-state index in [9.17, 15) is 0 Å². The van der Waals surface area contributed by atoms with E-state index in [2.05, 4.69) is 13.8 Å². The van der Waals surface area contributed by atoms with E-state index >= 15 is 0 Å². The van der Waals surface area contributed by atoms with Gasteiger partial charge < -0.3 is 0 Å². The van der Waals surface area contributed by atoms with Crippen molar-refractivity contribution in [3.8, 4) is 0 Å². The summed E-state index contributed by atoms with van der Waals surface area (Å²) in [6, 6.07) is 0. The molecule has 0 saturated heterocycles. The molecule has 0 amide bonds. The Morgan fingerprint density at radius 1 is 1.21 bits per heavy atom. The van der Waals surface area contributed by atoms with Crippen molar-refractivity contribution in [2.75, 3.05) is 0 Å². The molecule has 0 spiro atoms. The summed E-state index contributed by atoms with van der Waals surface area (Å²) >= 11 is 2.00. The van der Waals surface area contributed by atoms with Crippen molar-refractivity contribution in [2.45, 2.75) is 51.4 Å². The average molecular weight is 207 g/mol. The molecule has 2 aliphatic rings. The third kappa shape index (κ3) is 1.31. The molecule has 1 saturated carbocycles. The Labute approximate surface area is 89.6 Å². The van der Waals surface area contributed by atoms with E-state index < -0.39 is 0 Å². The quantitative estimate of drug-likeness (QED) is 0.684. The molecule has 2 heteroatoms. The van der Waals surface area contributed by atoms with Crippen LogP contribution in [0.4, 0.5) is 0 Å². The zero-order valence-electron chi connectivity index (χ0n) is 8.92. The van der Waals surface area contributed by atoms with Crippen molar-refractivity contribution < 1.29 is 0 Å². The minimum Gasteiger partial charge on any atom is -0.245 e. The van der Waals surface area contributed by atoms with Crippen LogP contribution in [0.1, 0.15) is 60.5 Å². The van der Waals surface area contributed by atoms with E-state index in [4.69, 9.17) is 4.98 Å². The lowest BCUT2D eigenvalue weighted by molar-refractivity contribution is 0.421. The first-order chi connectivity index (χ1) is 6.75. The number of fused-ring (bicyclic) bond motifs is 1. The van der Waals surface area contributed by atoms with Crippen molar-refractivity contribution >= 4 is 11.3 Å². The normalized spacial score (nSPS) is 31.6. The van der Waals surface area contributed by atoms with Gasteiger partial charge in [-0.25, -0.2) is 4.98 Å². The van der Waals surface area contributed by atoms with Gasteiger partial charge in [-0.1, -0.05) is 13.8 Å². The number of aromatic nitrogens is 1. The molecule has 1 fully saturated rings. The van der Waals surface area contributed by atoms with Crippen LogP contribution in [0, 0.1) is 5.92 Å². The first kappa shape index (κ1) is 8.90. The van der Waals surface area contributed by atoms with E-state index in [0.29, 0.717) is 5.92 Å². The Morgan fingerprint density at radius 3 is 2.71 bits per heavy atom. The molecular formula is C12H17NS. The maximum Gasteiger partial charge on any atom is 0.0962 e. The van der Waals surface area contributed by atoms with Gasteiger partial charge >= 0.3 is 0 Å². The van der Waals surface area contributed by atoms with Crippen LogP contribution in [0.15, 0.2) is 0 Å². The smallest absolute Gasteiger partial charge is 0.0962 e. The van der Waals surface area contributed by atoms with Crippen molar-refractivity contribution in [3.05, 3.63) is 15.6 Å². The molecule has 0 bridgehead atoms. The van der Waals surface area contributed by atoms with Crippen LogP contribution in [0.25, 0.3) is 0 Å². The maximum atomic E-state index is 4.86. The molecule has 1 aromatic rings. The van der Waals surface area contributed by atoms with Gasteiger partial charge in [-0.05, 0) is 31.6 Å². The lowest BCUT2D eigenvalue weighted by Crippen LogP contribution is -2.14. The second-order valence-corrected chi connectivity index (χ2v) is 6.05. The van der Waals surface area contributed by atoms with Crippen LogP contribution in [-0.4, -0.2) is 4.98 Å². The first-order valence-corrected chi connectivity index (χ1v) is 6.57. The van der Waals surface area contributed by atoms with Crippen molar-refractivity contribution in [2.24, 2.45) is 5.92 Å². The summed E-state index contributed by atoms with van der Waals surface area (Å²) in [6.07, 6.45) is 5.42. The van der Waals surface area contributed by atoms with Crippen molar-refractivity contribution in [1.29, 1.82) is 0 Å². The van der Waals surface area contributed by atoms with Gasteiger partial charge in [0.05, 0.1) is 10.7 Å². The Balaban J connectivity index is 1.97. The molecule has 0 radical (unpaired) electrons. The summed E-state index contributed by atoms with van der Waals surface area (Å²) < 4.78 is 0. The van der Waals surface area contributed by atoms with Crippen LogP contribution < -0.4 is 0 Å². The monoisotopic (exact) mass is 207 g/mol. The van der Waals surface area contributed by atoms with Crippen LogP contribution >= 0.6 is 11.3 Å². The molecule has 14 heavy (non-hydrogen) atoms. The fourth-order valence-electron chi connectivity index (χ4n) is 2.30. The zero-order chi connectivity index (χ0) is 9.71. The second-order valence-electron chi connectivity index (χ2n) is 4.94. The Hall–Kier alpha value is -0.370. The lowest BCUT2D eigenvalue weighted by atomic mass is 9.83. The molecular weight excluding hydrogens is 190 g/mol. The molecule has 2 atom stereocenters. The van der Waals surface area contributed by atoms with Crippen molar-refractivity contribution in [1.82, 2.24) is 4.98 Å². The molecule has 3 rings (SSSR count). The average Bonchev–Trinajstić information content (AvgIpc) is 2.93. The summed E-state index contributed by atoms with van der Waals surface area (Å²) in [5.74, 6) is 2.37. The summed E-state index contributed by atoms with van der Waals surface area (Å²) in [5.41, 5.74) is 1.44. The SMILES string of the molecule is CC1CCc2sc(C3CC3)nc2C1C. The molecule has 0 N–H and O–H groups in total. The van der Waals surface area contributed by atoms with Gasteiger partial charge in [0.2, 0.25) is 0 Å². The highest BCUT2D eigenvalue weighted by Gasteiger charge is 2.32. The van der Waals surface area contributed by atoms with E-state index in [1.807, 2.05) is 11.3 Å². The molecule has 0 aliphatic heterocycles.